The quantitative estimate of drug-likeness (QED) is 0.635. The van der Waals surface area contributed by atoms with Crippen LogP contribution < -0.4 is 10.6 Å². The van der Waals surface area contributed by atoms with Gasteiger partial charge in [-0.2, -0.15) is 5.10 Å². The summed E-state index contributed by atoms with van der Waals surface area (Å²) < 4.78 is 1.87. The first kappa shape index (κ1) is 24.3. The van der Waals surface area contributed by atoms with Crippen molar-refractivity contribution >= 4 is 58.9 Å². The number of benzene rings is 2. The van der Waals surface area contributed by atoms with Crippen LogP contribution in [0.3, 0.4) is 0 Å². The van der Waals surface area contributed by atoms with Gasteiger partial charge < -0.3 is 15.5 Å². The van der Waals surface area contributed by atoms with Gasteiger partial charge in [0.15, 0.2) is 0 Å². The lowest BCUT2D eigenvalue weighted by Crippen LogP contribution is -2.53. The molecule has 1 amide bonds. The number of halogens is 3. The summed E-state index contributed by atoms with van der Waals surface area (Å²) in [6, 6.07) is 13.3. The number of carbonyl (C=O) groups is 1. The summed E-state index contributed by atoms with van der Waals surface area (Å²) in [7, 11) is 1.94. The van der Waals surface area contributed by atoms with E-state index in [4.69, 9.17) is 17.3 Å². The summed E-state index contributed by atoms with van der Waals surface area (Å²) in [6.45, 7) is 2.95. The molecule has 0 aliphatic carbocycles. The van der Waals surface area contributed by atoms with E-state index in [1.165, 1.54) is 0 Å². The molecule has 1 aliphatic rings. The average Bonchev–Trinajstić information content (AvgIpc) is 3.09. The van der Waals surface area contributed by atoms with Gasteiger partial charge in [-0.3, -0.25) is 9.48 Å². The highest BCUT2D eigenvalue weighted by Gasteiger charge is 2.25. The van der Waals surface area contributed by atoms with Crippen LogP contribution in [-0.2, 0) is 18.3 Å². The summed E-state index contributed by atoms with van der Waals surface area (Å²) in [5.74, 6) is 0.0114. The van der Waals surface area contributed by atoms with Crippen molar-refractivity contribution < 1.29 is 4.79 Å². The van der Waals surface area contributed by atoms with E-state index in [-0.39, 0.29) is 30.7 Å². The van der Waals surface area contributed by atoms with E-state index in [0.717, 1.165) is 35.2 Å². The Balaban J connectivity index is 0.00000160. The second-order valence-electron chi connectivity index (χ2n) is 7.26. The molecule has 3 aromatic rings. The number of aryl methyl sites for hydroxylation is 1. The molecule has 0 saturated carbocycles. The van der Waals surface area contributed by atoms with Crippen molar-refractivity contribution in [2.75, 3.05) is 31.1 Å². The van der Waals surface area contributed by atoms with Crippen molar-refractivity contribution in [3.63, 3.8) is 0 Å². The van der Waals surface area contributed by atoms with E-state index < -0.39 is 6.04 Å². The Labute approximate surface area is 193 Å². The number of anilines is 1. The molecule has 1 aliphatic heterocycles. The molecule has 4 rings (SSSR count). The van der Waals surface area contributed by atoms with E-state index in [9.17, 15) is 4.79 Å². The highest BCUT2D eigenvalue weighted by molar-refractivity contribution is 6.30. The summed E-state index contributed by atoms with van der Waals surface area (Å²) >= 11 is 5.91. The van der Waals surface area contributed by atoms with Crippen molar-refractivity contribution in [1.82, 2.24) is 14.7 Å². The Morgan fingerprint density at radius 3 is 2.43 bits per heavy atom. The fraction of sp³-hybridized carbons (Fsp3) is 0.333. The highest BCUT2D eigenvalue weighted by Crippen LogP contribution is 2.23. The molecule has 1 fully saturated rings. The van der Waals surface area contributed by atoms with Crippen LogP contribution in [0.5, 0.6) is 0 Å². The maximum absolute atomic E-state index is 12.7. The third-order valence-corrected chi connectivity index (χ3v) is 5.62. The van der Waals surface area contributed by atoms with Crippen LogP contribution in [0.15, 0.2) is 48.7 Å². The van der Waals surface area contributed by atoms with Gasteiger partial charge in [0, 0.05) is 49.3 Å². The molecule has 2 N–H and O–H groups in total. The van der Waals surface area contributed by atoms with Crippen molar-refractivity contribution in [1.29, 1.82) is 0 Å². The molecule has 0 spiro atoms. The van der Waals surface area contributed by atoms with Crippen LogP contribution in [-0.4, -0.2) is 52.8 Å². The minimum atomic E-state index is -0.528. The topological polar surface area (TPSA) is 67.4 Å². The fourth-order valence-electron chi connectivity index (χ4n) is 3.73. The maximum atomic E-state index is 12.7. The molecule has 9 heteroatoms. The van der Waals surface area contributed by atoms with E-state index in [2.05, 4.69) is 28.2 Å². The smallest absolute Gasteiger partial charge is 0.239 e. The monoisotopic (exact) mass is 469 g/mol. The summed E-state index contributed by atoms with van der Waals surface area (Å²) in [6.07, 6.45) is 2.41. The van der Waals surface area contributed by atoms with Gasteiger partial charge >= 0.3 is 0 Å². The molecule has 1 aromatic heterocycles. The number of nitrogens with two attached hydrogens (primary N) is 1. The Morgan fingerprint density at radius 1 is 1.10 bits per heavy atom. The number of piperazine rings is 1. The fourth-order valence-corrected chi connectivity index (χ4v) is 3.85. The first-order valence-electron chi connectivity index (χ1n) is 9.47. The molecule has 1 atom stereocenters. The molecule has 6 nitrogen and oxygen atoms in total. The Morgan fingerprint density at radius 2 is 1.77 bits per heavy atom. The van der Waals surface area contributed by atoms with Gasteiger partial charge in [0.25, 0.3) is 0 Å². The zero-order chi connectivity index (χ0) is 19.7. The van der Waals surface area contributed by atoms with Crippen LogP contribution in [0.25, 0.3) is 10.9 Å². The number of fused-ring (bicyclic) bond motifs is 1. The molecule has 2 heterocycles. The maximum Gasteiger partial charge on any atom is 0.239 e. The summed E-state index contributed by atoms with van der Waals surface area (Å²) in [5, 5.41) is 6.11. The molecule has 0 unspecified atom stereocenters. The predicted molar refractivity (Wildman–Crippen MR) is 127 cm³/mol. The van der Waals surface area contributed by atoms with Crippen LogP contribution >= 0.6 is 36.4 Å². The summed E-state index contributed by atoms with van der Waals surface area (Å²) in [4.78, 5) is 16.9. The number of aromatic nitrogens is 2. The van der Waals surface area contributed by atoms with Gasteiger partial charge in [-0.15, -0.1) is 24.8 Å². The lowest BCUT2D eigenvalue weighted by atomic mass is 10.1. The molecule has 162 valence electrons. The zero-order valence-corrected chi connectivity index (χ0v) is 19.1. The largest absolute Gasteiger partial charge is 0.368 e. The van der Waals surface area contributed by atoms with Crippen LogP contribution in [0.4, 0.5) is 5.69 Å². The third-order valence-electron chi connectivity index (χ3n) is 5.37. The minimum absolute atomic E-state index is 0. The van der Waals surface area contributed by atoms with Gasteiger partial charge in [0.05, 0.1) is 17.8 Å². The lowest BCUT2D eigenvalue weighted by Gasteiger charge is -2.37. The molecule has 30 heavy (non-hydrogen) atoms. The van der Waals surface area contributed by atoms with Gasteiger partial charge in [-0.25, -0.2) is 0 Å². The van der Waals surface area contributed by atoms with Gasteiger partial charge in [-0.1, -0.05) is 23.7 Å². The minimum Gasteiger partial charge on any atom is -0.368 e. The SMILES string of the molecule is Cl.Cl.Cn1ncc2cc(N3CCN(C(=O)[C@H](N)Cc4ccc(Cl)cc4)CC3)ccc21. The Kier molecular flexibility index (Phi) is 8.38. The number of hydrogen-bond acceptors (Lipinski definition) is 4. The second-order valence-corrected chi connectivity index (χ2v) is 7.70. The number of rotatable bonds is 4. The Bertz CT molecular complexity index is 984. The summed E-state index contributed by atoms with van der Waals surface area (Å²) in [5.41, 5.74) is 9.48. The van der Waals surface area contributed by atoms with Crippen LogP contribution in [0.1, 0.15) is 5.56 Å². The number of amides is 1. The van der Waals surface area contributed by atoms with Crippen molar-refractivity contribution in [2.45, 2.75) is 12.5 Å². The van der Waals surface area contributed by atoms with E-state index in [0.29, 0.717) is 24.5 Å². The lowest BCUT2D eigenvalue weighted by molar-refractivity contribution is -0.132. The predicted octanol–water partition coefficient (Wildman–Crippen LogP) is 3.29. The highest BCUT2D eigenvalue weighted by atomic mass is 35.5. The molecule has 2 aromatic carbocycles. The number of hydrogen-bond donors (Lipinski definition) is 1. The zero-order valence-electron chi connectivity index (χ0n) is 16.7. The van der Waals surface area contributed by atoms with E-state index in [1.807, 2.05) is 47.1 Å². The van der Waals surface area contributed by atoms with Gasteiger partial charge in [0.1, 0.15) is 0 Å². The van der Waals surface area contributed by atoms with Crippen molar-refractivity contribution in [3.8, 4) is 0 Å². The van der Waals surface area contributed by atoms with Crippen molar-refractivity contribution in [2.24, 2.45) is 12.8 Å². The van der Waals surface area contributed by atoms with Gasteiger partial charge in [0.2, 0.25) is 5.91 Å². The van der Waals surface area contributed by atoms with Gasteiger partial charge in [-0.05, 0) is 42.3 Å². The van der Waals surface area contributed by atoms with Crippen molar-refractivity contribution in [3.05, 3.63) is 59.2 Å². The van der Waals surface area contributed by atoms with Crippen LogP contribution in [0, 0.1) is 0 Å². The first-order valence-corrected chi connectivity index (χ1v) is 9.84. The number of carbonyl (C=O) groups excluding carboxylic acids is 1. The molecule has 1 saturated heterocycles. The van der Waals surface area contributed by atoms with E-state index in [1.54, 1.807) is 0 Å². The Hall–Kier alpha value is -1.99. The first-order chi connectivity index (χ1) is 13.5. The number of nitrogens with zero attached hydrogens (tertiary/aromatic N) is 4. The second kappa shape index (κ2) is 10.4. The van der Waals surface area contributed by atoms with Crippen LogP contribution in [0.2, 0.25) is 5.02 Å². The van der Waals surface area contributed by atoms with E-state index >= 15 is 0 Å². The average molecular weight is 471 g/mol. The standard InChI is InChI=1S/C21H24ClN5O.2ClH/c1-25-20-7-6-18(13-16(20)14-24-25)26-8-10-27(11-9-26)21(28)19(23)12-15-2-4-17(22)5-3-15;;/h2-7,13-14,19H,8-12,23H2,1H3;2*1H/t19-;;/m1../s1. The molecular formula is C21H26Cl3N5O. The molecular weight excluding hydrogens is 445 g/mol. The normalized spacial score (nSPS) is 14.8. The molecule has 0 radical (unpaired) electrons. The molecule has 0 bridgehead atoms. The third kappa shape index (κ3) is 5.19.